The third-order valence-corrected chi connectivity index (χ3v) is 14.3. The maximum atomic E-state index is 13.9. The Balaban J connectivity index is 1.72. The van der Waals surface area contributed by atoms with E-state index in [-0.39, 0.29) is 20.9 Å². The maximum Gasteiger partial charge on any atom is 0.243 e. The van der Waals surface area contributed by atoms with Crippen LogP contribution in [0.1, 0.15) is 11.1 Å². The van der Waals surface area contributed by atoms with Crippen molar-refractivity contribution in [2.75, 3.05) is 23.0 Å². The zero-order valence-electron chi connectivity index (χ0n) is 19.4. The Bertz CT molecular complexity index is 1690. The molecule has 3 aliphatic heterocycles. The molecule has 0 unspecified atom stereocenters. The third kappa shape index (κ3) is 4.31. The molecule has 200 valence electrons. The molecule has 16 heteroatoms. The zero-order valence-corrected chi connectivity index (χ0v) is 22.7. The summed E-state index contributed by atoms with van der Waals surface area (Å²) in [4.78, 5) is -0.665. The lowest BCUT2D eigenvalue weighted by atomic mass is 10.0. The van der Waals surface area contributed by atoms with Gasteiger partial charge in [0.15, 0.2) is 19.7 Å². The first kappa shape index (κ1) is 26.7. The van der Waals surface area contributed by atoms with Crippen molar-refractivity contribution in [3.05, 3.63) is 59.7 Å². The standard InChI is InChI=1S/C22H20N4O8S4/c23-9-15-3-1-5-17(7-15)37(31,32)25-19-11-35(27,28)13-21(19)26(22-14-36(29,30)12-20(22)25)38(33,34)18-6-2-4-16(8-18)10-24/h1-8,19-22H,11-14H2/t19-,20-,21-,22+/m1/s1. The molecule has 0 aromatic heterocycles. The molecule has 2 aromatic rings. The number of nitrogens with zero attached hydrogens (tertiary/aromatic N) is 4. The van der Waals surface area contributed by atoms with Gasteiger partial charge in [-0.3, -0.25) is 0 Å². The first-order valence-electron chi connectivity index (χ1n) is 11.2. The molecule has 0 aliphatic carbocycles. The number of fused-ring (bicyclic) bond motifs is 2. The Hall–Kier alpha value is -2.86. The summed E-state index contributed by atoms with van der Waals surface area (Å²) in [5.74, 6) is -2.82. The van der Waals surface area contributed by atoms with Crippen LogP contribution >= 0.6 is 0 Å². The van der Waals surface area contributed by atoms with Gasteiger partial charge in [-0.1, -0.05) is 12.1 Å². The molecule has 38 heavy (non-hydrogen) atoms. The second-order valence-electron chi connectivity index (χ2n) is 9.37. The monoisotopic (exact) mass is 596 g/mol. The smallest absolute Gasteiger partial charge is 0.229 e. The Kier molecular flexibility index (Phi) is 6.22. The number of hydrogen-bond donors (Lipinski definition) is 0. The van der Waals surface area contributed by atoms with Crippen molar-refractivity contribution in [2.24, 2.45) is 0 Å². The highest BCUT2D eigenvalue weighted by molar-refractivity contribution is 7.93. The average molecular weight is 597 g/mol. The summed E-state index contributed by atoms with van der Waals surface area (Å²) in [6.45, 7) is 0. The molecule has 12 nitrogen and oxygen atoms in total. The van der Waals surface area contributed by atoms with E-state index in [1.54, 1.807) is 0 Å². The van der Waals surface area contributed by atoms with E-state index in [1.165, 1.54) is 36.4 Å². The van der Waals surface area contributed by atoms with Crippen LogP contribution in [-0.4, -0.2) is 89.5 Å². The highest BCUT2D eigenvalue weighted by Crippen LogP contribution is 2.43. The molecule has 5 rings (SSSR count). The second-order valence-corrected chi connectivity index (χ2v) is 17.4. The number of rotatable bonds is 4. The minimum Gasteiger partial charge on any atom is -0.229 e. The summed E-state index contributed by atoms with van der Waals surface area (Å²) in [6, 6.07) is 8.10. The summed E-state index contributed by atoms with van der Waals surface area (Å²) in [7, 11) is -17.0. The van der Waals surface area contributed by atoms with Crippen LogP contribution in [-0.2, 0) is 39.7 Å². The van der Waals surface area contributed by atoms with Crippen molar-refractivity contribution in [3.63, 3.8) is 0 Å². The summed E-state index contributed by atoms with van der Waals surface area (Å²) in [5, 5.41) is 18.5. The number of benzene rings is 2. The number of nitriles is 2. The highest BCUT2D eigenvalue weighted by atomic mass is 32.2. The van der Waals surface area contributed by atoms with E-state index in [0.717, 1.165) is 20.7 Å². The van der Waals surface area contributed by atoms with Crippen LogP contribution in [0.15, 0.2) is 58.3 Å². The molecule has 0 radical (unpaired) electrons. The zero-order chi connectivity index (χ0) is 27.7. The molecule has 2 aromatic carbocycles. The Morgan fingerprint density at radius 2 is 0.947 bits per heavy atom. The predicted molar refractivity (Wildman–Crippen MR) is 133 cm³/mol. The van der Waals surface area contributed by atoms with Gasteiger partial charge in [0, 0.05) is 0 Å². The SMILES string of the molecule is N#Cc1cccc(S(=O)(=O)N2[C@@H]3CS(=O)(=O)C[C@H]3N(S(=O)(=O)c3cccc(C#N)c3)[C@H]3CS(=O)(=O)C[C@H]32)c1. The molecule has 0 amide bonds. The maximum absolute atomic E-state index is 13.9. The van der Waals surface area contributed by atoms with Gasteiger partial charge in [-0.25, -0.2) is 33.7 Å². The molecule has 3 saturated heterocycles. The van der Waals surface area contributed by atoms with E-state index in [1.807, 2.05) is 12.1 Å². The van der Waals surface area contributed by atoms with Gasteiger partial charge in [0.05, 0.1) is 80.2 Å². The Labute approximate surface area is 220 Å². The van der Waals surface area contributed by atoms with Gasteiger partial charge in [0.25, 0.3) is 0 Å². The molecule has 0 N–H and O–H groups in total. The number of sulfone groups is 2. The quantitative estimate of drug-likeness (QED) is 0.443. The lowest BCUT2D eigenvalue weighted by molar-refractivity contribution is 0.0841. The average Bonchev–Trinajstić information content (AvgIpc) is 3.34. The molecule has 3 aliphatic rings. The van der Waals surface area contributed by atoms with Gasteiger partial charge >= 0.3 is 0 Å². The first-order chi connectivity index (χ1) is 17.7. The summed E-state index contributed by atoms with van der Waals surface area (Å²) < 4.78 is 109. The van der Waals surface area contributed by atoms with E-state index < -0.39 is 86.9 Å². The van der Waals surface area contributed by atoms with Crippen LogP contribution < -0.4 is 0 Å². The molecule has 0 saturated carbocycles. The summed E-state index contributed by atoms with van der Waals surface area (Å²) >= 11 is 0. The topological polar surface area (TPSA) is 191 Å². The van der Waals surface area contributed by atoms with Gasteiger partial charge in [-0.15, -0.1) is 0 Å². The van der Waals surface area contributed by atoms with Gasteiger partial charge in [-0.2, -0.15) is 19.1 Å². The van der Waals surface area contributed by atoms with Crippen LogP contribution in [0, 0.1) is 22.7 Å². The fourth-order valence-corrected chi connectivity index (χ4v) is 13.6. The molecule has 3 fully saturated rings. The number of piperazine rings is 1. The lowest BCUT2D eigenvalue weighted by Gasteiger charge is -2.48. The molecule has 3 heterocycles. The highest BCUT2D eigenvalue weighted by Gasteiger charge is 2.63. The molecule has 0 bridgehead atoms. The van der Waals surface area contributed by atoms with Crippen LogP contribution in [0.4, 0.5) is 0 Å². The second kappa shape index (κ2) is 8.84. The third-order valence-electron chi connectivity index (χ3n) is 6.97. The van der Waals surface area contributed by atoms with Crippen molar-refractivity contribution in [2.45, 2.75) is 34.0 Å². The fraction of sp³-hybridized carbons (Fsp3) is 0.364. The van der Waals surface area contributed by atoms with E-state index in [4.69, 9.17) is 0 Å². The summed E-state index contributed by atoms with van der Waals surface area (Å²) in [6.07, 6.45) is 0. The van der Waals surface area contributed by atoms with Crippen molar-refractivity contribution in [1.82, 2.24) is 8.61 Å². The lowest BCUT2D eigenvalue weighted by Crippen LogP contribution is -2.69. The van der Waals surface area contributed by atoms with Gasteiger partial charge in [-0.05, 0) is 36.4 Å². The van der Waals surface area contributed by atoms with Crippen molar-refractivity contribution < 1.29 is 33.7 Å². The minimum absolute atomic E-state index is 0.0239. The van der Waals surface area contributed by atoms with Crippen molar-refractivity contribution >= 4 is 39.7 Å². The van der Waals surface area contributed by atoms with E-state index in [0.29, 0.717) is 0 Å². The predicted octanol–water partition coefficient (Wildman–Crippen LogP) is -0.544. The van der Waals surface area contributed by atoms with Gasteiger partial charge < -0.3 is 0 Å². The van der Waals surface area contributed by atoms with Gasteiger partial charge in [0.2, 0.25) is 20.0 Å². The number of sulfonamides is 2. The number of hydrogen-bond acceptors (Lipinski definition) is 10. The van der Waals surface area contributed by atoms with Gasteiger partial charge in [0.1, 0.15) is 0 Å². The normalized spacial score (nSPS) is 28.6. The Morgan fingerprint density at radius 1 is 0.632 bits per heavy atom. The van der Waals surface area contributed by atoms with Crippen molar-refractivity contribution in [1.29, 1.82) is 10.5 Å². The van der Waals surface area contributed by atoms with E-state index in [2.05, 4.69) is 0 Å². The molecular formula is C22H20N4O8S4. The van der Waals surface area contributed by atoms with Crippen LogP contribution in [0.2, 0.25) is 0 Å². The molecule has 0 spiro atoms. The summed E-state index contributed by atoms with van der Waals surface area (Å²) in [5.41, 5.74) is 0.0479. The molecule has 4 atom stereocenters. The van der Waals surface area contributed by atoms with Crippen molar-refractivity contribution in [3.8, 4) is 12.1 Å². The van der Waals surface area contributed by atoms with E-state index in [9.17, 15) is 44.2 Å². The van der Waals surface area contributed by atoms with Crippen LogP contribution in [0.3, 0.4) is 0 Å². The van der Waals surface area contributed by atoms with E-state index >= 15 is 0 Å². The van der Waals surface area contributed by atoms with Crippen LogP contribution in [0.25, 0.3) is 0 Å². The first-order valence-corrected chi connectivity index (χ1v) is 17.7. The largest absolute Gasteiger partial charge is 0.243 e. The minimum atomic E-state index is -4.56. The fourth-order valence-electron chi connectivity index (χ4n) is 5.49. The van der Waals surface area contributed by atoms with Crippen LogP contribution in [0.5, 0.6) is 0 Å². The Morgan fingerprint density at radius 3 is 1.24 bits per heavy atom. The molecular weight excluding hydrogens is 577 g/mol.